The van der Waals surface area contributed by atoms with Crippen LogP contribution in [0.4, 0.5) is 0 Å². The van der Waals surface area contributed by atoms with Gasteiger partial charge in [-0.3, -0.25) is 4.79 Å². The third kappa shape index (κ3) is 3.59. The molecule has 19 heavy (non-hydrogen) atoms. The molecule has 1 aromatic carbocycles. The van der Waals surface area contributed by atoms with E-state index in [0.29, 0.717) is 12.0 Å². The highest BCUT2D eigenvalue weighted by Gasteiger charge is 2.26. The Hall–Kier alpha value is -0.830. The van der Waals surface area contributed by atoms with Crippen LogP contribution in [-0.4, -0.2) is 17.3 Å². The average molecular weight is 324 g/mol. The molecular formula is C16H22BrNO. The van der Waals surface area contributed by atoms with Crippen LogP contribution in [0.1, 0.15) is 47.2 Å². The van der Waals surface area contributed by atoms with Gasteiger partial charge in [0.05, 0.1) is 0 Å². The predicted molar refractivity (Wildman–Crippen MR) is 82.9 cm³/mol. The van der Waals surface area contributed by atoms with Gasteiger partial charge in [-0.05, 0) is 44.2 Å². The van der Waals surface area contributed by atoms with Crippen molar-refractivity contribution in [2.75, 3.05) is 5.33 Å². The first-order chi connectivity index (χ1) is 9.11. The van der Waals surface area contributed by atoms with Gasteiger partial charge >= 0.3 is 0 Å². The van der Waals surface area contributed by atoms with Crippen LogP contribution in [0.15, 0.2) is 18.2 Å². The van der Waals surface area contributed by atoms with Gasteiger partial charge in [-0.15, -0.1) is 0 Å². The molecule has 1 aliphatic carbocycles. The van der Waals surface area contributed by atoms with Gasteiger partial charge in [0.15, 0.2) is 0 Å². The first-order valence-electron chi connectivity index (χ1n) is 7.06. The first-order valence-corrected chi connectivity index (χ1v) is 8.18. The Kier molecular flexibility index (Phi) is 5.03. The molecule has 0 aliphatic heterocycles. The van der Waals surface area contributed by atoms with Crippen LogP contribution >= 0.6 is 15.9 Å². The molecule has 2 nitrogen and oxygen atoms in total. The molecule has 2 unspecified atom stereocenters. The Labute approximate surface area is 124 Å². The highest BCUT2D eigenvalue weighted by molar-refractivity contribution is 9.09. The van der Waals surface area contributed by atoms with E-state index in [9.17, 15) is 4.79 Å². The van der Waals surface area contributed by atoms with Crippen LogP contribution < -0.4 is 5.32 Å². The maximum absolute atomic E-state index is 12.4. The van der Waals surface area contributed by atoms with Gasteiger partial charge < -0.3 is 5.32 Å². The molecule has 0 aromatic heterocycles. The lowest BCUT2D eigenvalue weighted by Gasteiger charge is -2.31. The Morgan fingerprint density at radius 1 is 1.32 bits per heavy atom. The van der Waals surface area contributed by atoms with Crippen LogP contribution in [0, 0.1) is 19.8 Å². The number of aryl methyl sites for hydroxylation is 2. The molecule has 1 aromatic rings. The van der Waals surface area contributed by atoms with E-state index in [0.717, 1.165) is 22.9 Å². The summed E-state index contributed by atoms with van der Waals surface area (Å²) in [5.74, 6) is 0.652. The van der Waals surface area contributed by atoms with Gasteiger partial charge in [-0.1, -0.05) is 46.5 Å². The topological polar surface area (TPSA) is 29.1 Å². The minimum Gasteiger partial charge on any atom is -0.349 e. The number of carbonyl (C=O) groups excluding carboxylic acids is 1. The molecule has 1 saturated carbocycles. The maximum Gasteiger partial charge on any atom is 0.251 e. The summed E-state index contributed by atoms with van der Waals surface area (Å²) in [6.45, 7) is 4.06. The fourth-order valence-corrected chi connectivity index (χ4v) is 3.67. The van der Waals surface area contributed by atoms with Crippen molar-refractivity contribution in [1.82, 2.24) is 5.32 Å². The molecule has 1 N–H and O–H groups in total. The van der Waals surface area contributed by atoms with Gasteiger partial charge in [0, 0.05) is 16.9 Å². The van der Waals surface area contributed by atoms with Gasteiger partial charge in [-0.25, -0.2) is 0 Å². The molecule has 0 bridgehead atoms. The zero-order valence-electron chi connectivity index (χ0n) is 11.7. The summed E-state index contributed by atoms with van der Waals surface area (Å²) in [7, 11) is 0. The monoisotopic (exact) mass is 323 g/mol. The summed E-state index contributed by atoms with van der Waals surface area (Å²) in [4.78, 5) is 12.4. The third-order valence-electron chi connectivity index (χ3n) is 4.05. The molecule has 1 fully saturated rings. The minimum atomic E-state index is 0.0790. The van der Waals surface area contributed by atoms with Crippen molar-refractivity contribution in [2.45, 2.75) is 45.6 Å². The van der Waals surface area contributed by atoms with Gasteiger partial charge in [-0.2, -0.15) is 0 Å². The van der Waals surface area contributed by atoms with Gasteiger partial charge in [0.25, 0.3) is 5.91 Å². The van der Waals surface area contributed by atoms with E-state index >= 15 is 0 Å². The smallest absolute Gasteiger partial charge is 0.251 e. The van der Waals surface area contributed by atoms with Crippen LogP contribution in [0.5, 0.6) is 0 Å². The van der Waals surface area contributed by atoms with E-state index in [1.54, 1.807) is 0 Å². The van der Waals surface area contributed by atoms with E-state index in [4.69, 9.17) is 0 Å². The quantitative estimate of drug-likeness (QED) is 0.837. The second-order valence-corrected chi connectivity index (χ2v) is 6.24. The maximum atomic E-state index is 12.4. The molecule has 0 heterocycles. The summed E-state index contributed by atoms with van der Waals surface area (Å²) in [6.07, 6.45) is 4.82. The lowest BCUT2D eigenvalue weighted by molar-refractivity contribution is 0.0911. The van der Waals surface area contributed by atoms with Crippen molar-refractivity contribution in [1.29, 1.82) is 0 Å². The Morgan fingerprint density at radius 2 is 2.05 bits per heavy atom. The normalized spacial score (nSPS) is 23.1. The summed E-state index contributed by atoms with van der Waals surface area (Å²) in [5.41, 5.74) is 3.07. The molecule has 1 amide bonds. The fourth-order valence-electron chi connectivity index (χ4n) is 2.90. The van der Waals surface area contributed by atoms with Crippen molar-refractivity contribution in [3.8, 4) is 0 Å². The molecule has 1 aliphatic rings. The summed E-state index contributed by atoms with van der Waals surface area (Å²) in [5, 5.41) is 4.20. The van der Waals surface area contributed by atoms with Gasteiger partial charge in [0.1, 0.15) is 0 Å². The number of benzene rings is 1. The number of carbonyl (C=O) groups is 1. The zero-order valence-corrected chi connectivity index (χ0v) is 13.3. The molecule has 3 heteroatoms. The Morgan fingerprint density at radius 3 is 2.74 bits per heavy atom. The van der Waals surface area contributed by atoms with E-state index < -0.39 is 0 Å². The molecular weight excluding hydrogens is 302 g/mol. The first kappa shape index (κ1) is 14.6. The summed E-state index contributed by atoms with van der Waals surface area (Å²) in [6, 6.07) is 6.33. The molecule has 2 atom stereocenters. The number of hydrogen-bond donors (Lipinski definition) is 1. The number of hydrogen-bond acceptors (Lipinski definition) is 1. The fraction of sp³-hybridized carbons (Fsp3) is 0.562. The molecule has 0 spiro atoms. The van der Waals surface area contributed by atoms with Crippen LogP contribution in [0.2, 0.25) is 0 Å². The summed E-state index contributed by atoms with van der Waals surface area (Å²) < 4.78 is 0. The standard InChI is InChI=1S/C16H22BrNO/c1-11-7-8-14(12(2)9-11)16(19)18-15-6-4-3-5-13(15)10-17/h7-9,13,15H,3-6,10H2,1-2H3,(H,18,19). The number of rotatable bonds is 3. The zero-order chi connectivity index (χ0) is 13.8. The second-order valence-electron chi connectivity index (χ2n) is 5.60. The number of alkyl halides is 1. The van der Waals surface area contributed by atoms with E-state index in [-0.39, 0.29) is 5.91 Å². The van der Waals surface area contributed by atoms with Crippen LogP contribution in [0.3, 0.4) is 0 Å². The van der Waals surface area contributed by atoms with Crippen LogP contribution in [-0.2, 0) is 0 Å². The van der Waals surface area contributed by atoms with Crippen LogP contribution in [0.25, 0.3) is 0 Å². The second kappa shape index (κ2) is 6.56. The molecule has 0 radical (unpaired) electrons. The SMILES string of the molecule is Cc1ccc(C(=O)NC2CCCCC2CBr)c(C)c1. The summed E-state index contributed by atoms with van der Waals surface area (Å²) >= 11 is 3.57. The van der Waals surface area contributed by atoms with E-state index in [1.807, 2.05) is 19.1 Å². The lowest BCUT2D eigenvalue weighted by Crippen LogP contribution is -2.42. The highest BCUT2D eigenvalue weighted by atomic mass is 79.9. The largest absolute Gasteiger partial charge is 0.349 e. The van der Waals surface area contributed by atoms with Crippen molar-refractivity contribution in [3.05, 3.63) is 34.9 Å². The minimum absolute atomic E-state index is 0.0790. The number of halogens is 1. The van der Waals surface area contributed by atoms with Crippen molar-refractivity contribution in [2.24, 2.45) is 5.92 Å². The average Bonchev–Trinajstić information content (AvgIpc) is 2.39. The third-order valence-corrected chi connectivity index (χ3v) is 4.88. The van der Waals surface area contributed by atoms with Crippen molar-refractivity contribution >= 4 is 21.8 Å². The molecule has 0 saturated heterocycles. The predicted octanol–water partition coefficient (Wildman–Crippen LogP) is 3.99. The lowest BCUT2D eigenvalue weighted by atomic mass is 9.85. The Bertz CT molecular complexity index is 458. The number of amides is 1. The van der Waals surface area contributed by atoms with Gasteiger partial charge in [0.2, 0.25) is 0 Å². The van der Waals surface area contributed by atoms with Crippen molar-refractivity contribution < 1.29 is 4.79 Å². The molecule has 104 valence electrons. The van der Waals surface area contributed by atoms with Crippen molar-refractivity contribution in [3.63, 3.8) is 0 Å². The highest BCUT2D eigenvalue weighted by Crippen LogP contribution is 2.26. The number of nitrogens with one attached hydrogen (secondary N) is 1. The Balaban J connectivity index is 2.07. The van der Waals surface area contributed by atoms with E-state index in [1.165, 1.54) is 24.8 Å². The van der Waals surface area contributed by atoms with E-state index in [2.05, 4.69) is 34.2 Å². The molecule has 2 rings (SSSR count).